The van der Waals surface area contributed by atoms with E-state index in [0.29, 0.717) is 56.9 Å². The fourth-order valence-corrected chi connectivity index (χ4v) is 4.06. The zero-order valence-electron chi connectivity index (χ0n) is 22.3. The molecule has 0 aliphatic carbocycles. The van der Waals surface area contributed by atoms with Gasteiger partial charge in [0.1, 0.15) is 0 Å². The van der Waals surface area contributed by atoms with Crippen molar-refractivity contribution in [3.8, 4) is 11.5 Å². The van der Waals surface area contributed by atoms with Gasteiger partial charge in [0.05, 0.1) is 46.5 Å². The van der Waals surface area contributed by atoms with Crippen LogP contribution in [0.15, 0.2) is 77.4 Å². The number of esters is 1. The molecule has 2 amide bonds. The number of hydrogen-bond acceptors (Lipinski definition) is 7. The van der Waals surface area contributed by atoms with Crippen LogP contribution in [0.4, 0.5) is 11.4 Å². The Hall–Kier alpha value is -4.63. The molecule has 0 spiro atoms. The summed E-state index contributed by atoms with van der Waals surface area (Å²) < 4.78 is 16.5. The van der Waals surface area contributed by atoms with E-state index in [2.05, 4.69) is 10.4 Å². The fourth-order valence-electron chi connectivity index (χ4n) is 3.87. The van der Waals surface area contributed by atoms with Crippen molar-refractivity contribution < 1.29 is 28.6 Å². The smallest absolute Gasteiger partial charge is 0.338 e. The summed E-state index contributed by atoms with van der Waals surface area (Å²) in [5.41, 5.74) is 3.04. The average Bonchev–Trinajstić information content (AvgIpc) is 3.22. The van der Waals surface area contributed by atoms with Crippen molar-refractivity contribution in [2.75, 3.05) is 30.1 Å². The van der Waals surface area contributed by atoms with Crippen molar-refractivity contribution in [3.05, 3.63) is 88.5 Å². The van der Waals surface area contributed by atoms with Crippen molar-refractivity contribution >= 4 is 52.5 Å². The van der Waals surface area contributed by atoms with E-state index in [4.69, 9.17) is 25.8 Å². The van der Waals surface area contributed by atoms with Crippen molar-refractivity contribution in [1.29, 1.82) is 0 Å². The molecule has 1 N–H and O–H groups in total. The van der Waals surface area contributed by atoms with Crippen LogP contribution in [0.3, 0.4) is 0 Å². The third kappa shape index (κ3) is 6.68. The Morgan fingerprint density at radius 1 is 0.975 bits per heavy atom. The molecule has 206 valence electrons. The minimum absolute atomic E-state index is 0.250. The highest BCUT2D eigenvalue weighted by atomic mass is 35.5. The Kier molecular flexibility index (Phi) is 9.19. The summed E-state index contributed by atoms with van der Waals surface area (Å²) in [6.07, 6.45) is 1.71. The lowest BCUT2D eigenvalue weighted by Gasteiger charge is -2.14. The Morgan fingerprint density at radius 2 is 1.73 bits per heavy atom. The second-order valence-corrected chi connectivity index (χ2v) is 8.99. The maximum Gasteiger partial charge on any atom is 0.338 e. The Labute approximate surface area is 237 Å². The molecule has 0 saturated heterocycles. The van der Waals surface area contributed by atoms with Crippen molar-refractivity contribution in [2.45, 2.75) is 20.8 Å². The Morgan fingerprint density at radius 3 is 2.42 bits per heavy atom. The molecule has 0 unspecified atom stereocenters. The number of hydrogen-bond donors (Lipinski definition) is 1. The number of ether oxygens (including phenoxy) is 3. The van der Waals surface area contributed by atoms with Crippen LogP contribution in [0.2, 0.25) is 5.02 Å². The highest BCUT2D eigenvalue weighted by Crippen LogP contribution is 2.31. The van der Waals surface area contributed by atoms with E-state index < -0.39 is 5.97 Å². The fraction of sp³-hybridized carbons (Fsp3) is 0.200. The second kappa shape index (κ2) is 12.9. The predicted molar refractivity (Wildman–Crippen MR) is 154 cm³/mol. The molecule has 3 aromatic rings. The maximum atomic E-state index is 13.2. The zero-order valence-corrected chi connectivity index (χ0v) is 23.0. The van der Waals surface area contributed by atoms with Crippen LogP contribution < -0.4 is 19.8 Å². The number of carbonyl (C=O) groups is 3. The van der Waals surface area contributed by atoms with E-state index in [-0.39, 0.29) is 25.0 Å². The summed E-state index contributed by atoms with van der Waals surface area (Å²) in [5.74, 6) is -0.309. The van der Waals surface area contributed by atoms with Crippen molar-refractivity contribution in [3.63, 3.8) is 0 Å². The third-order valence-electron chi connectivity index (χ3n) is 5.77. The van der Waals surface area contributed by atoms with E-state index >= 15 is 0 Å². The number of benzene rings is 3. The number of carbonyl (C=O) groups excluding carboxylic acids is 3. The molecule has 4 rings (SSSR count). The van der Waals surface area contributed by atoms with Crippen molar-refractivity contribution in [2.24, 2.45) is 5.10 Å². The predicted octanol–water partition coefficient (Wildman–Crippen LogP) is 5.74. The molecule has 1 aliphatic heterocycles. The minimum Gasteiger partial charge on any atom is -0.490 e. The van der Waals surface area contributed by atoms with Gasteiger partial charge in [-0.2, -0.15) is 10.1 Å². The lowest BCUT2D eigenvalue weighted by molar-refractivity contribution is -0.118. The summed E-state index contributed by atoms with van der Waals surface area (Å²) in [7, 11) is 0. The highest BCUT2D eigenvalue weighted by Gasteiger charge is 2.29. The van der Waals surface area contributed by atoms with Gasteiger partial charge >= 0.3 is 5.97 Å². The van der Waals surface area contributed by atoms with E-state index in [1.54, 1.807) is 86.7 Å². The second-order valence-electron chi connectivity index (χ2n) is 8.58. The van der Waals surface area contributed by atoms with Gasteiger partial charge in [0, 0.05) is 0 Å². The number of hydrazone groups is 1. The molecule has 9 nitrogen and oxygen atoms in total. The van der Waals surface area contributed by atoms with Crippen LogP contribution in [-0.4, -0.2) is 43.3 Å². The molecule has 0 radical (unpaired) electrons. The van der Waals surface area contributed by atoms with Gasteiger partial charge in [0.2, 0.25) is 0 Å². The van der Waals surface area contributed by atoms with Gasteiger partial charge in [0.25, 0.3) is 11.8 Å². The number of halogens is 1. The molecule has 40 heavy (non-hydrogen) atoms. The van der Waals surface area contributed by atoms with Gasteiger partial charge in [-0.25, -0.2) is 4.79 Å². The molecule has 1 heterocycles. The van der Waals surface area contributed by atoms with Crippen LogP contribution in [0.5, 0.6) is 11.5 Å². The number of amides is 2. The monoisotopic (exact) mass is 561 g/mol. The first kappa shape index (κ1) is 28.4. The molecule has 10 heteroatoms. The molecular formula is C30H28ClN3O6. The highest BCUT2D eigenvalue weighted by molar-refractivity contribution is 6.33. The normalized spacial score (nSPS) is 13.7. The summed E-state index contributed by atoms with van der Waals surface area (Å²) in [6.45, 7) is 5.72. The third-order valence-corrected chi connectivity index (χ3v) is 6.10. The number of nitrogens with one attached hydrogen (secondary N) is 1. The summed E-state index contributed by atoms with van der Waals surface area (Å²) in [6, 6.07) is 18.6. The largest absolute Gasteiger partial charge is 0.490 e. The first-order valence-corrected chi connectivity index (χ1v) is 13.0. The number of nitrogens with zero attached hydrogens (tertiary/aromatic N) is 2. The molecule has 1 aliphatic rings. The van der Waals surface area contributed by atoms with E-state index in [0.717, 1.165) is 0 Å². The van der Waals surface area contributed by atoms with Crippen molar-refractivity contribution in [1.82, 2.24) is 0 Å². The van der Waals surface area contributed by atoms with Gasteiger partial charge in [-0.1, -0.05) is 29.8 Å². The van der Waals surface area contributed by atoms with Gasteiger partial charge in [-0.3, -0.25) is 9.59 Å². The molecule has 0 bridgehead atoms. The molecule has 3 aromatic carbocycles. The van der Waals surface area contributed by atoms with Gasteiger partial charge < -0.3 is 19.5 Å². The van der Waals surface area contributed by atoms with Crippen LogP contribution in [0.1, 0.15) is 36.7 Å². The zero-order chi connectivity index (χ0) is 28.6. The van der Waals surface area contributed by atoms with Gasteiger partial charge in [-0.05, 0) is 80.9 Å². The topological polar surface area (TPSA) is 107 Å². The Bertz CT molecular complexity index is 1480. The van der Waals surface area contributed by atoms with Gasteiger partial charge in [0.15, 0.2) is 18.1 Å². The minimum atomic E-state index is -0.430. The van der Waals surface area contributed by atoms with Crippen LogP contribution >= 0.6 is 11.6 Å². The number of anilines is 2. The number of rotatable bonds is 10. The van der Waals surface area contributed by atoms with Crippen LogP contribution in [-0.2, 0) is 14.3 Å². The van der Waals surface area contributed by atoms with Gasteiger partial charge in [-0.15, -0.1) is 0 Å². The quantitative estimate of drug-likeness (QED) is 0.250. The molecule has 0 atom stereocenters. The van der Waals surface area contributed by atoms with E-state index in [1.807, 2.05) is 6.92 Å². The lowest BCUT2D eigenvalue weighted by Crippen LogP contribution is -2.21. The first-order valence-electron chi connectivity index (χ1n) is 12.6. The molecule has 0 aromatic heterocycles. The Balaban J connectivity index is 1.47. The SMILES string of the molecule is CCOC(=O)c1ccc(N2N=C(C)/C(=C\c3ccc(OCC(=O)Nc4ccccc4Cl)c(OCC)c3)C2=O)cc1. The van der Waals surface area contributed by atoms with Crippen LogP contribution in [0.25, 0.3) is 6.08 Å². The molecular weight excluding hydrogens is 534 g/mol. The van der Waals surface area contributed by atoms with E-state index in [1.165, 1.54) is 5.01 Å². The summed E-state index contributed by atoms with van der Waals surface area (Å²) in [5, 5.41) is 8.82. The maximum absolute atomic E-state index is 13.2. The lowest BCUT2D eigenvalue weighted by atomic mass is 10.1. The summed E-state index contributed by atoms with van der Waals surface area (Å²) >= 11 is 6.10. The summed E-state index contributed by atoms with van der Waals surface area (Å²) in [4.78, 5) is 37.5. The molecule has 0 fully saturated rings. The standard InChI is InChI=1S/C30H28ClN3O6/c1-4-38-27-17-20(10-15-26(27)40-18-28(35)32-25-9-7-6-8-24(25)31)16-23-19(3)33-34(29(23)36)22-13-11-21(12-14-22)30(37)39-5-2/h6-17H,4-5,18H2,1-3H3,(H,32,35)/b23-16+. The average molecular weight is 562 g/mol. The van der Waals surface area contributed by atoms with Crippen LogP contribution in [0, 0.1) is 0 Å². The number of para-hydroxylation sites is 1. The first-order chi connectivity index (χ1) is 19.3. The van der Waals surface area contributed by atoms with E-state index in [9.17, 15) is 14.4 Å². The molecule has 0 saturated carbocycles.